The summed E-state index contributed by atoms with van der Waals surface area (Å²) in [6.07, 6.45) is 0. The van der Waals surface area contributed by atoms with E-state index in [0.717, 1.165) is 5.69 Å². The number of carbonyl (C=O) groups excluding carboxylic acids is 1. The minimum absolute atomic E-state index is 0.0576. The van der Waals surface area contributed by atoms with Crippen molar-refractivity contribution in [3.05, 3.63) is 11.8 Å². The van der Waals surface area contributed by atoms with E-state index in [1.54, 1.807) is 4.90 Å². The van der Waals surface area contributed by atoms with Crippen molar-refractivity contribution < 1.29 is 9.32 Å². The summed E-state index contributed by atoms with van der Waals surface area (Å²) < 4.78 is 5.16. The average Bonchev–Trinajstić information content (AvgIpc) is 2.69. The van der Waals surface area contributed by atoms with Crippen LogP contribution in [-0.2, 0) is 5.41 Å². The Morgan fingerprint density at radius 1 is 1.53 bits per heavy atom. The number of carbonyl (C=O) groups is 1. The summed E-state index contributed by atoms with van der Waals surface area (Å²) in [6.45, 7) is 7.46. The summed E-state index contributed by atoms with van der Waals surface area (Å²) in [5, 5.41) is 6.69. The van der Waals surface area contributed by atoms with E-state index < -0.39 is 0 Å². The van der Waals surface area contributed by atoms with Gasteiger partial charge in [0, 0.05) is 24.6 Å². The lowest BCUT2D eigenvalue weighted by Gasteiger charge is -2.13. The van der Waals surface area contributed by atoms with Gasteiger partial charge in [-0.05, 0) is 0 Å². The van der Waals surface area contributed by atoms with Crippen molar-refractivity contribution in [2.45, 2.75) is 26.2 Å². The maximum absolute atomic E-state index is 11.4. The molecule has 0 saturated carbocycles. The molecule has 2 rings (SSSR count). The number of hydrogen-bond donors (Lipinski definition) is 1. The molecular weight excluding hydrogens is 194 g/mol. The fraction of sp³-hybridized carbons (Fsp3) is 0.600. The summed E-state index contributed by atoms with van der Waals surface area (Å²) in [4.78, 5) is 12.9. The second kappa shape index (κ2) is 3.25. The summed E-state index contributed by atoms with van der Waals surface area (Å²) in [6, 6.07) is 1.71. The molecule has 1 N–H and O–H groups in total. The smallest absolute Gasteiger partial charge is 0.324 e. The summed E-state index contributed by atoms with van der Waals surface area (Å²) in [7, 11) is 0. The van der Waals surface area contributed by atoms with Gasteiger partial charge in [-0.15, -0.1) is 0 Å². The molecule has 0 radical (unpaired) electrons. The second-order valence-electron chi connectivity index (χ2n) is 4.68. The molecule has 1 aliphatic heterocycles. The van der Waals surface area contributed by atoms with Crippen LogP contribution in [0.25, 0.3) is 0 Å². The molecule has 0 unspecified atom stereocenters. The number of urea groups is 1. The molecule has 1 aromatic heterocycles. The van der Waals surface area contributed by atoms with Crippen LogP contribution in [0.15, 0.2) is 10.6 Å². The highest BCUT2D eigenvalue weighted by Gasteiger charge is 2.27. The Morgan fingerprint density at radius 3 is 2.73 bits per heavy atom. The first-order chi connectivity index (χ1) is 6.98. The van der Waals surface area contributed by atoms with Crippen LogP contribution in [0.5, 0.6) is 0 Å². The first kappa shape index (κ1) is 10.0. The van der Waals surface area contributed by atoms with Gasteiger partial charge in [0.05, 0.1) is 5.69 Å². The van der Waals surface area contributed by atoms with Crippen molar-refractivity contribution in [3.63, 3.8) is 0 Å². The predicted molar refractivity (Wildman–Crippen MR) is 55.9 cm³/mol. The highest BCUT2D eigenvalue weighted by atomic mass is 16.5. The van der Waals surface area contributed by atoms with Gasteiger partial charge < -0.3 is 9.84 Å². The Balaban J connectivity index is 2.24. The highest BCUT2D eigenvalue weighted by molar-refractivity contribution is 5.92. The molecule has 0 bridgehead atoms. The molecular formula is C10H15N3O2. The van der Waals surface area contributed by atoms with Gasteiger partial charge >= 0.3 is 6.03 Å². The molecule has 82 valence electrons. The number of hydrogen-bond acceptors (Lipinski definition) is 3. The van der Waals surface area contributed by atoms with E-state index in [9.17, 15) is 4.79 Å². The van der Waals surface area contributed by atoms with Crippen LogP contribution in [0.1, 0.15) is 26.5 Å². The predicted octanol–water partition coefficient (Wildman–Crippen LogP) is 1.50. The zero-order valence-corrected chi connectivity index (χ0v) is 9.20. The number of nitrogens with zero attached hydrogens (tertiary/aromatic N) is 2. The van der Waals surface area contributed by atoms with Crippen molar-refractivity contribution >= 4 is 11.9 Å². The molecule has 5 nitrogen and oxygen atoms in total. The number of amides is 2. The lowest BCUT2D eigenvalue weighted by molar-refractivity contribution is 0.250. The Kier molecular flexibility index (Phi) is 2.17. The Labute approximate surface area is 88.4 Å². The third-order valence-corrected chi connectivity index (χ3v) is 2.39. The van der Waals surface area contributed by atoms with Gasteiger partial charge in [-0.1, -0.05) is 25.9 Å². The molecule has 1 saturated heterocycles. The molecule has 2 heterocycles. The fourth-order valence-corrected chi connectivity index (χ4v) is 1.43. The number of aromatic nitrogens is 1. The molecule has 5 heteroatoms. The maximum Gasteiger partial charge on any atom is 0.324 e. The minimum Gasteiger partial charge on any atom is -0.338 e. The molecule has 1 aromatic rings. The van der Waals surface area contributed by atoms with Crippen molar-refractivity contribution in [2.75, 3.05) is 18.0 Å². The molecule has 2 amide bonds. The average molecular weight is 209 g/mol. The molecule has 0 spiro atoms. The normalized spacial score (nSPS) is 17.0. The van der Waals surface area contributed by atoms with Gasteiger partial charge in [0.2, 0.25) is 5.88 Å². The highest BCUT2D eigenvalue weighted by Crippen LogP contribution is 2.26. The van der Waals surface area contributed by atoms with Crippen molar-refractivity contribution in [1.29, 1.82) is 0 Å². The van der Waals surface area contributed by atoms with E-state index in [0.29, 0.717) is 19.0 Å². The number of nitrogens with one attached hydrogen (secondary N) is 1. The van der Waals surface area contributed by atoms with Crippen LogP contribution in [-0.4, -0.2) is 24.3 Å². The summed E-state index contributed by atoms with van der Waals surface area (Å²) in [5.41, 5.74) is 0.801. The van der Waals surface area contributed by atoms with Crippen molar-refractivity contribution in [2.24, 2.45) is 0 Å². The second-order valence-corrected chi connectivity index (χ2v) is 4.68. The lowest BCUT2D eigenvalue weighted by Crippen LogP contribution is -2.27. The van der Waals surface area contributed by atoms with Gasteiger partial charge in [-0.3, -0.25) is 4.90 Å². The van der Waals surface area contributed by atoms with Crippen LogP contribution in [0.3, 0.4) is 0 Å². The van der Waals surface area contributed by atoms with Crippen molar-refractivity contribution in [1.82, 2.24) is 10.5 Å². The molecule has 1 fully saturated rings. The quantitative estimate of drug-likeness (QED) is 0.762. The van der Waals surface area contributed by atoms with E-state index in [2.05, 4.69) is 31.2 Å². The standard InChI is InChI=1S/C10H15N3O2/c1-10(2,3)7-6-8(15-12-7)13-5-4-11-9(13)14/h6H,4-5H2,1-3H3,(H,11,14). The van der Waals surface area contributed by atoms with E-state index in [1.807, 2.05) is 6.07 Å². The van der Waals surface area contributed by atoms with Crippen LogP contribution < -0.4 is 10.2 Å². The van der Waals surface area contributed by atoms with Gasteiger partial charge in [-0.2, -0.15) is 0 Å². The largest absolute Gasteiger partial charge is 0.338 e. The van der Waals surface area contributed by atoms with Gasteiger partial charge in [0.25, 0.3) is 0 Å². The first-order valence-corrected chi connectivity index (χ1v) is 5.01. The fourth-order valence-electron chi connectivity index (χ4n) is 1.43. The third kappa shape index (κ3) is 1.82. The Bertz CT molecular complexity index is 378. The van der Waals surface area contributed by atoms with E-state index in [4.69, 9.17) is 4.52 Å². The summed E-state index contributed by atoms with van der Waals surface area (Å²) >= 11 is 0. The lowest BCUT2D eigenvalue weighted by atomic mass is 9.92. The van der Waals surface area contributed by atoms with Gasteiger partial charge in [-0.25, -0.2) is 4.79 Å². The van der Waals surface area contributed by atoms with Crippen LogP contribution in [0, 0.1) is 0 Å². The molecule has 0 aromatic carbocycles. The van der Waals surface area contributed by atoms with Crippen LogP contribution in [0.2, 0.25) is 0 Å². The van der Waals surface area contributed by atoms with Gasteiger partial charge in [0.15, 0.2) is 0 Å². The molecule has 0 aliphatic carbocycles. The van der Waals surface area contributed by atoms with Gasteiger partial charge in [0.1, 0.15) is 0 Å². The van der Waals surface area contributed by atoms with E-state index >= 15 is 0 Å². The zero-order valence-electron chi connectivity index (χ0n) is 9.20. The molecule has 15 heavy (non-hydrogen) atoms. The van der Waals surface area contributed by atoms with E-state index in [1.165, 1.54) is 0 Å². The molecule has 1 aliphatic rings. The van der Waals surface area contributed by atoms with Crippen LogP contribution in [0.4, 0.5) is 10.7 Å². The first-order valence-electron chi connectivity index (χ1n) is 5.01. The number of anilines is 1. The summed E-state index contributed by atoms with van der Waals surface area (Å²) in [5.74, 6) is 0.523. The molecule has 0 atom stereocenters. The third-order valence-electron chi connectivity index (χ3n) is 2.39. The Morgan fingerprint density at radius 2 is 2.27 bits per heavy atom. The minimum atomic E-state index is -0.119. The van der Waals surface area contributed by atoms with E-state index in [-0.39, 0.29) is 11.4 Å². The monoisotopic (exact) mass is 209 g/mol. The number of rotatable bonds is 1. The van der Waals surface area contributed by atoms with Crippen LogP contribution >= 0.6 is 0 Å². The van der Waals surface area contributed by atoms with Crippen molar-refractivity contribution in [3.8, 4) is 0 Å². The maximum atomic E-state index is 11.4. The zero-order chi connectivity index (χ0) is 11.1. The SMILES string of the molecule is CC(C)(C)c1cc(N2CCNC2=O)on1. The Hall–Kier alpha value is -1.52. The topological polar surface area (TPSA) is 58.4 Å².